The van der Waals surface area contributed by atoms with Gasteiger partial charge in [0.15, 0.2) is 0 Å². The van der Waals surface area contributed by atoms with Gasteiger partial charge in [-0.05, 0) is 42.5 Å². The van der Waals surface area contributed by atoms with Gasteiger partial charge in [-0.25, -0.2) is 4.98 Å². The summed E-state index contributed by atoms with van der Waals surface area (Å²) in [4.78, 5) is 9.18. The van der Waals surface area contributed by atoms with E-state index in [0.29, 0.717) is 17.5 Å². The van der Waals surface area contributed by atoms with E-state index in [1.54, 1.807) is 6.26 Å². The quantitative estimate of drug-likeness (QED) is 0.516. The summed E-state index contributed by atoms with van der Waals surface area (Å²) in [6.07, 6.45) is 1.65. The van der Waals surface area contributed by atoms with Crippen molar-refractivity contribution < 1.29 is 4.42 Å². The van der Waals surface area contributed by atoms with E-state index in [9.17, 15) is 0 Å². The fourth-order valence-electron chi connectivity index (χ4n) is 2.55. The maximum absolute atomic E-state index is 6.04. The fraction of sp³-hybridized carbons (Fsp3) is 0.0526. The molecule has 6 heteroatoms. The molecule has 2 heterocycles. The third kappa shape index (κ3) is 3.56. The van der Waals surface area contributed by atoms with Crippen LogP contribution < -0.4 is 10.6 Å². The zero-order chi connectivity index (χ0) is 17.1. The van der Waals surface area contributed by atoms with Crippen molar-refractivity contribution in [2.45, 2.75) is 6.54 Å². The number of aromatic nitrogens is 2. The van der Waals surface area contributed by atoms with Crippen LogP contribution in [-0.4, -0.2) is 9.97 Å². The average Bonchev–Trinajstić information content (AvgIpc) is 3.13. The molecule has 124 valence electrons. The third-order valence-electron chi connectivity index (χ3n) is 3.69. The lowest BCUT2D eigenvalue weighted by Crippen LogP contribution is -2.05. The summed E-state index contributed by atoms with van der Waals surface area (Å²) in [7, 11) is 0. The van der Waals surface area contributed by atoms with E-state index in [4.69, 9.17) is 16.0 Å². The number of para-hydroxylation sites is 1. The number of nitrogens with zero attached hydrogens (tertiary/aromatic N) is 2. The summed E-state index contributed by atoms with van der Waals surface area (Å²) in [6.45, 7) is 0.546. The zero-order valence-corrected chi connectivity index (χ0v) is 14.0. The van der Waals surface area contributed by atoms with Gasteiger partial charge in [0.2, 0.25) is 5.95 Å². The molecule has 0 saturated carbocycles. The largest absolute Gasteiger partial charge is 0.467 e. The van der Waals surface area contributed by atoms with Crippen LogP contribution in [0.3, 0.4) is 0 Å². The summed E-state index contributed by atoms with van der Waals surface area (Å²) in [5.41, 5.74) is 1.68. The van der Waals surface area contributed by atoms with Gasteiger partial charge in [0.25, 0.3) is 0 Å². The van der Waals surface area contributed by atoms with Crippen molar-refractivity contribution in [3.05, 3.63) is 77.7 Å². The second kappa shape index (κ2) is 6.83. The van der Waals surface area contributed by atoms with Crippen LogP contribution in [0.15, 0.2) is 71.3 Å². The Bertz CT molecular complexity index is 1000. The molecule has 2 aromatic heterocycles. The first kappa shape index (κ1) is 15.5. The number of hydrogen-bond donors (Lipinski definition) is 2. The van der Waals surface area contributed by atoms with E-state index in [-0.39, 0.29) is 0 Å². The maximum Gasteiger partial charge on any atom is 0.229 e. The van der Waals surface area contributed by atoms with Crippen LogP contribution in [0.4, 0.5) is 17.5 Å². The lowest BCUT2D eigenvalue weighted by molar-refractivity contribution is 0.518. The number of hydrogen-bond acceptors (Lipinski definition) is 5. The van der Waals surface area contributed by atoms with E-state index >= 15 is 0 Å². The zero-order valence-electron chi connectivity index (χ0n) is 13.2. The van der Waals surface area contributed by atoms with Crippen LogP contribution in [0.5, 0.6) is 0 Å². The molecule has 4 aromatic rings. The van der Waals surface area contributed by atoms with E-state index in [1.807, 2.05) is 60.7 Å². The number of fused-ring (bicyclic) bond motifs is 1. The van der Waals surface area contributed by atoms with Crippen LogP contribution in [0.2, 0.25) is 5.02 Å². The van der Waals surface area contributed by atoms with Crippen molar-refractivity contribution in [3.8, 4) is 0 Å². The summed E-state index contributed by atoms with van der Waals surface area (Å²) in [6, 6.07) is 19.1. The standard InChI is InChI=1S/C19H15ClN4O/c20-13-5-3-6-14(11-13)22-19-23-17-9-2-1-8-16(17)18(24-19)21-12-15-7-4-10-25-15/h1-11H,12H2,(H2,21,22,23,24). The lowest BCUT2D eigenvalue weighted by Gasteiger charge is -2.11. The van der Waals surface area contributed by atoms with Crippen LogP contribution in [0, 0.1) is 0 Å². The molecule has 0 amide bonds. The van der Waals surface area contributed by atoms with Gasteiger partial charge in [-0.15, -0.1) is 0 Å². The summed E-state index contributed by atoms with van der Waals surface area (Å²) in [5, 5.41) is 8.12. The van der Waals surface area contributed by atoms with E-state index in [2.05, 4.69) is 20.6 Å². The SMILES string of the molecule is Clc1cccc(Nc2nc(NCc3ccco3)c3ccccc3n2)c1. The van der Waals surface area contributed by atoms with Crippen molar-refractivity contribution in [3.63, 3.8) is 0 Å². The molecule has 0 spiro atoms. The molecule has 25 heavy (non-hydrogen) atoms. The van der Waals surface area contributed by atoms with E-state index in [0.717, 1.165) is 28.2 Å². The highest BCUT2D eigenvalue weighted by Gasteiger charge is 2.08. The minimum Gasteiger partial charge on any atom is -0.467 e. The summed E-state index contributed by atoms with van der Waals surface area (Å²) < 4.78 is 5.37. The Hall–Kier alpha value is -3.05. The van der Waals surface area contributed by atoms with Crippen molar-refractivity contribution in [2.24, 2.45) is 0 Å². The molecular weight excluding hydrogens is 336 g/mol. The van der Waals surface area contributed by atoms with Crippen LogP contribution in [0.25, 0.3) is 10.9 Å². The van der Waals surface area contributed by atoms with Crippen LogP contribution >= 0.6 is 11.6 Å². The van der Waals surface area contributed by atoms with Crippen molar-refractivity contribution in [1.29, 1.82) is 0 Å². The smallest absolute Gasteiger partial charge is 0.229 e. The number of anilines is 3. The molecule has 2 aromatic carbocycles. The normalized spacial score (nSPS) is 10.8. The molecule has 0 fully saturated rings. The predicted octanol–water partition coefficient (Wildman–Crippen LogP) is 5.23. The molecule has 0 aliphatic carbocycles. The molecule has 2 N–H and O–H groups in total. The highest BCUT2D eigenvalue weighted by atomic mass is 35.5. The summed E-state index contributed by atoms with van der Waals surface area (Å²) >= 11 is 6.04. The molecule has 0 bridgehead atoms. The number of furan rings is 1. The Morgan fingerprint density at radius 2 is 1.88 bits per heavy atom. The summed E-state index contributed by atoms with van der Waals surface area (Å²) in [5.74, 6) is 2.08. The molecule has 0 saturated heterocycles. The van der Waals surface area contributed by atoms with Crippen molar-refractivity contribution in [2.75, 3.05) is 10.6 Å². The second-order valence-electron chi connectivity index (χ2n) is 5.48. The molecule has 0 aliphatic rings. The monoisotopic (exact) mass is 350 g/mol. The Balaban J connectivity index is 1.67. The molecule has 0 radical (unpaired) electrons. The molecule has 0 aliphatic heterocycles. The lowest BCUT2D eigenvalue weighted by atomic mass is 10.2. The van der Waals surface area contributed by atoms with Gasteiger partial charge in [0.05, 0.1) is 18.3 Å². The van der Waals surface area contributed by atoms with Crippen molar-refractivity contribution in [1.82, 2.24) is 9.97 Å². The number of halogens is 1. The molecule has 0 unspecified atom stereocenters. The number of rotatable bonds is 5. The van der Waals surface area contributed by atoms with Crippen molar-refractivity contribution >= 4 is 40.0 Å². The highest BCUT2D eigenvalue weighted by molar-refractivity contribution is 6.30. The molecule has 4 rings (SSSR count). The first-order valence-electron chi connectivity index (χ1n) is 7.83. The Kier molecular flexibility index (Phi) is 4.23. The molecule has 5 nitrogen and oxygen atoms in total. The second-order valence-corrected chi connectivity index (χ2v) is 5.92. The van der Waals surface area contributed by atoms with E-state index < -0.39 is 0 Å². The van der Waals surface area contributed by atoms with E-state index in [1.165, 1.54) is 0 Å². The fourth-order valence-corrected chi connectivity index (χ4v) is 2.74. The Morgan fingerprint density at radius 3 is 2.72 bits per heavy atom. The topological polar surface area (TPSA) is 63.0 Å². The first-order valence-corrected chi connectivity index (χ1v) is 8.21. The maximum atomic E-state index is 6.04. The van der Waals surface area contributed by atoms with Gasteiger partial charge in [-0.2, -0.15) is 4.98 Å². The van der Waals surface area contributed by atoms with Gasteiger partial charge in [0, 0.05) is 16.1 Å². The Morgan fingerprint density at radius 1 is 0.960 bits per heavy atom. The number of nitrogens with one attached hydrogen (secondary N) is 2. The molecule has 0 atom stereocenters. The highest BCUT2D eigenvalue weighted by Crippen LogP contribution is 2.25. The molecular formula is C19H15ClN4O. The van der Waals surface area contributed by atoms with Gasteiger partial charge in [0.1, 0.15) is 11.6 Å². The van der Waals surface area contributed by atoms with Gasteiger partial charge in [-0.1, -0.05) is 29.8 Å². The van der Waals surface area contributed by atoms with Gasteiger partial charge in [-0.3, -0.25) is 0 Å². The number of benzene rings is 2. The van der Waals surface area contributed by atoms with Crippen LogP contribution in [0.1, 0.15) is 5.76 Å². The minimum atomic E-state index is 0.503. The first-order chi connectivity index (χ1) is 12.3. The van der Waals surface area contributed by atoms with Gasteiger partial charge < -0.3 is 15.1 Å². The van der Waals surface area contributed by atoms with Gasteiger partial charge >= 0.3 is 0 Å². The Labute approximate surface area is 149 Å². The minimum absolute atomic E-state index is 0.503. The average molecular weight is 351 g/mol. The predicted molar refractivity (Wildman–Crippen MR) is 100 cm³/mol. The van der Waals surface area contributed by atoms with Crippen LogP contribution in [-0.2, 0) is 6.54 Å². The third-order valence-corrected chi connectivity index (χ3v) is 3.93.